The van der Waals surface area contributed by atoms with Crippen LogP contribution in [-0.2, 0) is 11.8 Å². The second-order valence-corrected chi connectivity index (χ2v) is 8.70. The number of fused-ring (bicyclic) bond motifs is 1. The third-order valence-corrected chi connectivity index (χ3v) is 4.91. The van der Waals surface area contributed by atoms with E-state index in [1.165, 1.54) is 6.26 Å². The van der Waals surface area contributed by atoms with E-state index in [0.29, 0.717) is 24.9 Å². The first kappa shape index (κ1) is 22.4. The highest BCUT2D eigenvalue weighted by Crippen LogP contribution is 2.23. The van der Waals surface area contributed by atoms with E-state index in [-0.39, 0.29) is 17.4 Å². The number of amides is 2. The molecular weight excluding hydrogens is 390 g/mol. The first-order chi connectivity index (χ1) is 14.8. The number of nitrogens with zero attached hydrogens (tertiary/aromatic N) is 2. The molecule has 2 aromatic heterocycles. The molecule has 1 N–H and O–H groups in total. The normalized spacial score (nSPS) is 12.0. The fourth-order valence-electron chi connectivity index (χ4n) is 3.68. The van der Waals surface area contributed by atoms with Gasteiger partial charge in [-0.1, -0.05) is 45.9 Å². The quantitative estimate of drug-likeness (QED) is 0.537. The van der Waals surface area contributed by atoms with Crippen molar-refractivity contribution in [2.45, 2.75) is 27.7 Å². The summed E-state index contributed by atoms with van der Waals surface area (Å²) in [5, 5.41) is 3.81. The van der Waals surface area contributed by atoms with E-state index in [4.69, 9.17) is 4.42 Å². The van der Waals surface area contributed by atoms with Crippen molar-refractivity contribution < 1.29 is 14.0 Å². The van der Waals surface area contributed by atoms with Crippen LogP contribution in [0, 0.1) is 11.8 Å². The molecule has 0 unspecified atom stereocenters. The van der Waals surface area contributed by atoms with Crippen molar-refractivity contribution in [3.63, 3.8) is 0 Å². The van der Waals surface area contributed by atoms with Gasteiger partial charge < -0.3 is 19.2 Å². The molecule has 2 heterocycles. The smallest absolute Gasteiger partial charge is 0.291 e. The minimum atomic E-state index is -0.445. The predicted molar refractivity (Wildman–Crippen MR) is 123 cm³/mol. The topological polar surface area (TPSA) is 67.5 Å². The first-order valence-electron chi connectivity index (χ1n) is 10.7. The summed E-state index contributed by atoms with van der Waals surface area (Å²) in [6, 6.07) is 11.2. The molecule has 3 aromatic rings. The van der Waals surface area contributed by atoms with E-state index >= 15 is 0 Å². The number of benzene rings is 1. The van der Waals surface area contributed by atoms with E-state index in [1.54, 1.807) is 18.2 Å². The molecule has 6 heteroatoms. The molecule has 0 aliphatic heterocycles. The highest BCUT2D eigenvalue weighted by atomic mass is 16.3. The number of nitrogens with one attached hydrogen (secondary N) is 1. The molecule has 1 aromatic carbocycles. The van der Waals surface area contributed by atoms with Crippen LogP contribution >= 0.6 is 0 Å². The van der Waals surface area contributed by atoms with Gasteiger partial charge in [-0.2, -0.15) is 0 Å². The number of rotatable bonds is 8. The van der Waals surface area contributed by atoms with Crippen molar-refractivity contribution >= 4 is 28.8 Å². The molecule has 31 heavy (non-hydrogen) atoms. The van der Waals surface area contributed by atoms with Crippen LogP contribution in [0.15, 0.2) is 59.0 Å². The molecule has 164 valence electrons. The van der Waals surface area contributed by atoms with Crippen LogP contribution in [0.4, 0.5) is 0 Å². The number of aryl methyl sites for hydroxylation is 1. The molecule has 2 amide bonds. The predicted octanol–water partition coefficient (Wildman–Crippen LogP) is 4.68. The summed E-state index contributed by atoms with van der Waals surface area (Å²) in [6.07, 6.45) is 5.17. The van der Waals surface area contributed by atoms with Gasteiger partial charge in [0, 0.05) is 42.8 Å². The number of hydrogen-bond acceptors (Lipinski definition) is 3. The molecule has 0 saturated heterocycles. The van der Waals surface area contributed by atoms with E-state index in [2.05, 4.69) is 33.0 Å². The van der Waals surface area contributed by atoms with Crippen LogP contribution in [-0.4, -0.2) is 34.4 Å². The van der Waals surface area contributed by atoms with Crippen molar-refractivity contribution in [3.05, 3.63) is 65.9 Å². The van der Waals surface area contributed by atoms with Gasteiger partial charge in [0.05, 0.1) is 6.26 Å². The van der Waals surface area contributed by atoms with Crippen molar-refractivity contribution in [1.29, 1.82) is 0 Å². The Morgan fingerprint density at radius 1 is 1.06 bits per heavy atom. The summed E-state index contributed by atoms with van der Waals surface area (Å²) in [6.45, 7) is 9.54. The average Bonchev–Trinajstić information content (AvgIpc) is 3.35. The third kappa shape index (κ3) is 5.45. The summed E-state index contributed by atoms with van der Waals surface area (Å²) < 4.78 is 7.23. The van der Waals surface area contributed by atoms with Crippen molar-refractivity contribution in [3.8, 4) is 0 Å². The first-order valence-corrected chi connectivity index (χ1v) is 10.7. The maximum absolute atomic E-state index is 13.6. The van der Waals surface area contributed by atoms with Crippen LogP contribution in [0.2, 0.25) is 0 Å². The Hall–Kier alpha value is -3.28. The minimum absolute atomic E-state index is 0.163. The number of carbonyl (C=O) groups is 2. The van der Waals surface area contributed by atoms with Crippen molar-refractivity contribution in [2.75, 3.05) is 13.1 Å². The molecule has 0 aliphatic rings. The van der Waals surface area contributed by atoms with Gasteiger partial charge in [0.25, 0.3) is 11.8 Å². The molecule has 0 aliphatic carbocycles. The lowest BCUT2D eigenvalue weighted by atomic mass is 10.1. The van der Waals surface area contributed by atoms with E-state index in [1.807, 2.05) is 47.0 Å². The molecule has 0 bridgehead atoms. The molecular formula is C25H31N3O3. The summed E-state index contributed by atoms with van der Waals surface area (Å²) in [5.74, 6) is 0.134. The summed E-state index contributed by atoms with van der Waals surface area (Å²) >= 11 is 0. The second kappa shape index (κ2) is 9.69. The highest BCUT2D eigenvalue weighted by molar-refractivity contribution is 6.05. The zero-order chi connectivity index (χ0) is 22.5. The molecule has 0 fully saturated rings. The standard InChI is InChI=1S/C25H31N3O3/c1-17(2)14-28(15-18(3)4)25(30)21(26-24(29)23-11-8-12-31-23)13-19-16-27(5)22-10-7-6-9-20(19)22/h6-13,16-18H,14-15H2,1-5H3,(H,26,29)/b21-13-. The van der Waals surface area contributed by atoms with E-state index < -0.39 is 5.91 Å². The molecule has 0 radical (unpaired) electrons. The van der Waals surface area contributed by atoms with E-state index in [9.17, 15) is 9.59 Å². The number of aromatic nitrogens is 1. The fourth-order valence-corrected chi connectivity index (χ4v) is 3.68. The van der Waals surface area contributed by atoms with Gasteiger partial charge in [-0.25, -0.2) is 0 Å². The Kier molecular flexibility index (Phi) is 7.00. The Morgan fingerprint density at radius 3 is 2.35 bits per heavy atom. The van der Waals surface area contributed by atoms with Crippen LogP contribution < -0.4 is 5.32 Å². The Morgan fingerprint density at radius 2 is 1.74 bits per heavy atom. The lowest BCUT2D eigenvalue weighted by Crippen LogP contribution is -2.42. The van der Waals surface area contributed by atoms with Crippen LogP contribution in [0.5, 0.6) is 0 Å². The maximum Gasteiger partial charge on any atom is 0.291 e. The number of para-hydroxylation sites is 1. The van der Waals surface area contributed by atoms with Crippen molar-refractivity contribution in [1.82, 2.24) is 14.8 Å². The largest absolute Gasteiger partial charge is 0.459 e. The van der Waals surface area contributed by atoms with Gasteiger partial charge in [0.1, 0.15) is 5.70 Å². The number of furan rings is 1. The van der Waals surface area contributed by atoms with Crippen LogP contribution in [0.3, 0.4) is 0 Å². The Bertz CT molecular complexity index is 1060. The average molecular weight is 422 g/mol. The van der Waals surface area contributed by atoms with Gasteiger partial charge in [-0.15, -0.1) is 0 Å². The lowest BCUT2D eigenvalue weighted by molar-refractivity contribution is -0.128. The maximum atomic E-state index is 13.6. The van der Waals surface area contributed by atoms with Gasteiger partial charge >= 0.3 is 0 Å². The Balaban J connectivity index is 2.03. The number of carbonyl (C=O) groups excluding carboxylic acids is 2. The molecule has 3 rings (SSSR count). The van der Waals surface area contributed by atoms with Crippen LogP contribution in [0.25, 0.3) is 17.0 Å². The summed E-state index contributed by atoms with van der Waals surface area (Å²) in [4.78, 5) is 28.1. The van der Waals surface area contributed by atoms with Gasteiger partial charge in [-0.3, -0.25) is 9.59 Å². The monoisotopic (exact) mass is 421 g/mol. The SMILES string of the molecule is CC(C)CN(CC(C)C)C(=O)/C(=C/c1cn(C)c2ccccc12)NC(=O)c1ccco1. The summed E-state index contributed by atoms with van der Waals surface area (Å²) in [5.41, 5.74) is 2.16. The van der Waals surface area contributed by atoms with Gasteiger partial charge in [-0.05, 0) is 36.1 Å². The minimum Gasteiger partial charge on any atom is -0.459 e. The Labute approximate surface area is 183 Å². The zero-order valence-electron chi connectivity index (χ0n) is 18.9. The molecule has 0 spiro atoms. The molecule has 0 saturated carbocycles. The van der Waals surface area contributed by atoms with Crippen LogP contribution in [0.1, 0.15) is 43.8 Å². The van der Waals surface area contributed by atoms with Crippen molar-refractivity contribution in [2.24, 2.45) is 18.9 Å². The zero-order valence-corrected chi connectivity index (χ0v) is 18.9. The lowest BCUT2D eigenvalue weighted by Gasteiger charge is -2.27. The highest BCUT2D eigenvalue weighted by Gasteiger charge is 2.23. The summed E-state index contributed by atoms with van der Waals surface area (Å²) in [7, 11) is 1.96. The van der Waals surface area contributed by atoms with Gasteiger partial charge in [0.15, 0.2) is 5.76 Å². The molecule has 0 atom stereocenters. The fraction of sp³-hybridized carbons (Fsp3) is 0.360. The number of hydrogen-bond donors (Lipinski definition) is 1. The van der Waals surface area contributed by atoms with Gasteiger partial charge in [0.2, 0.25) is 0 Å². The molecule has 6 nitrogen and oxygen atoms in total. The third-order valence-electron chi connectivity index (χ3n) is 4.91. The van der Waals surface area contributed by atoms with E-state index in [0.717, 1.165) is 16.5 Å². The second-order valence-electron chi connectivity index (χ2n) is 8.70.